The average Bonchev–Trinajstić information content (AvgIpc) is 2.93. The van der Waals surface area contributed by atoms with Crippen molar-refractivity contribution in [2.45, 2.75) is 0 Å². The number of aromatic nitrogens is 2. The summed E-state index contributed by atoms with van der Waals surface area (Å²) in [4.78, 5) is 4.46. The molecule has 0 atom stereocenters. The van der Waals surface area contributed by atoms with Crippen molar-refractivity contribution in [1.82, 2.24) is 9.55 Å². The van der Waals surface area contributed by atoms with Gasteiger partial charge in [-0.15, -0.1) is 0 Å². The van der Waals surface area contributed by atoms with Crippen LogP contribution in [0.3, 0.4) is 0 Å². The second kappa shape index (κ2) is 3.90. The van der Waals surface area contributed by atoms with Crippen LogP contribution in [0.1, 0.15) is 5.56 Å². The van der Waals surface area contributed by atoms with Gasteiger partial charge in [-0.1, -0.05) is 0 Å². The lowest BCUT2D eigenvalue weighted by atomic mass is 10.2. The Bertz CT molecular complexity index is 779. The molecule has 18 heavy (non-hydrogen) atoms. The second-order valence-electron chi connectivity index (χ2n) is 3.91. The smallest absolute Gasteiger partial charge is 0.194 e. The number of hydrogen-bond donors (Lipinski definition) is 0. The van der Waals surface area contributed by atoms with Gasteiger partial charge in [-0.25, -0.2) is 4.98 Å². The maximum Gasteiger partial charge on any atom is 0.194 e. The molecule has 0 aliphatic rings. The van der Waals surface area contributed by atoms with E-state index < -0.39 is 0 Å². The van der Waals surface area contributed by atoms with Gasteiger partial charge < -0.3 is 8.98 Å². The molecule has 4 nitrogen and oxygen atoms in total. The zero-order valence-electron chi connectivity index (χ0n) is 9.51. The first-order chi connectivity index (χ1) is 8.69. The fourth-order valence-corrected chi connectivity index (χ4v) is 2.07. The van der Waals surface area contributed by atoms with Gasteiger partial charge in [0.15, 0.2) is 16.8 Å². The Morgan fingerprint density at radius 1 is 1.33 bits per heavy atom. The van der Waals surface area contributed by atoms with Gasteiger partial charge in [0.1, 0.15) is 0 Å². The molecule has 0 N–H and O–H groups in total. The first-order valence-corrected chi connectivity index (χ1v) is 5.69. The SMILES string of the molecule is Cn1c(-c2ccc(Cl)o2)nc2cc(C#N)ccc21. The molecule has 0 aliphatic carbocycles. The zero-order valence-corrected chi connectivity index (χ0v) is 10.3. The molecule has 5 heteroatoms. The zero-order chi connectivity index (χ0) is 12.7. The predicted octanol–water partition coefficient (Wildman–Crippen LogP) is 3.36. The molecule has 3 rings (SSSR count). The van der Waals surface area contributed by atoms with Gasteiger partial charge in [-0.2, -0.15) is 5.26 Å². The molecule has 0 bridgehead atoms. The van der Waals surface area contributed by atoms with Gasteiger partial charge in [0, 0.05) is 7.05 Å². The molecule has 2 heterocycles. The molecule has 2 aromatic heterocycles. The molecule has 1 aromatic carbocycles. The summed E-state index contributed by atoms with van der Waals surface area (Å²) in [6, 6.07) is 10.9. The first kappa shape index (κ1) is 10.9. The second-order valence-corrected chi connectivity index (χ2v) is 4.29. The van der Waals surface area contributed by atoms with Crippen molar-refractivity contribution in [2.24, 2.45) is 7.05 Å². The normalized spacial score (nSPS) is 10.7. The Morgan fingerprint density at radius 2 is 2.17 bits per heavy atom. The quantitative estimate of drug-likeness (QED) is 0.672. The number of aryl methyl sites for hydroxylation is 1. The number of rotatable bonds is 1. The van der Waals surface area contributed by atoms with E-state index in [-0.39, 0.29) is 0 Å². The van der Waals surface area contributed by atoms with Gasteiger partial charge in [0.2, 0.25) is 0 Å². The van der Waals surface area contributed by atoms with Crippen molar-refractivity contribution < 1.29 is 4.42 Å². The molecule has 3 aromatic rings. The molecule has 0 aliphatic heterocycles. The Balaban J connectivity index is 2.26. The fourth-order valence-electron chi connectivity index (χ4n) is 1.92. The Hall–Kier alpha value is -2.25. The van der Waals surface area contributed by atoms with E-state index in [0.717, 1.165) is 11.0 Å². The molecule has 0 amide bonds. The number of hydrogen-bond acceptors (Lipinski definition) is 3. The van der Waals surface area contributed by atoms with Gasteiger partial charge >= 0.3 is 0 Å². The van der Waals surface area contributed by atoms with E-state index in [1.165, 1.54) is 0 Å². The lowest BCUT2D eigenvalue weighted by molar-refractivity contribution is 0.576. The molecular formula is C13H8ClN3O. The Kier molecular flexibility index (Phi) is 2.35. The summed E-state index contributed by atoms with van der Waals surface area (Å²) in [6.45, 7) is 0. The maximum absolute atomic E-state index is 8.87. The molecule has 0 unspecified atom stereocenters. The number of nitrogens with zero attached hydrogens (tertiary/aromatic N) is 3. The molecular weight excluding hydrogens is 250 g/mol. The van der Waals surface area contributed by atoms with Crippen molar-refractivity contribution in [3.05, 3.63) is 41.1 Å². The number of imidazole rings is 1. The van der Waals surface area contributed by atoms with E-state index in [1.807, 2.05) is 17.7 Å². The van der Waals surface area contributed by atoms with E-state index >= 15 is 0 Å². The van der Waals surface area contributed by atoms with Crippen LogP contribution >= 0.6 is 11.6 Å². The topological polar surface area (TPSA) is 54.8 Å². The van der Waals surface area contributed by atoms with Gasteiger partial charge in [0.05, 0.1) is 22.7 Å². The van der Waals surface area contributed by atoms with Crippen LogP contribution in [-0.2, 0) is 7.05 Å². The van der Waals surface area contributed by atoms with Crippen LogP contribution in [0.15, 0.2) is 34.7 Å². The highest BCUT2D eigenvalue weighted by Gasteiger charge is 2.13. The number of halogens is 1. The monoisotopic (exact) mass is 257 g/mol. The molecule has 88 valence electrons. The maximum atomic E-state index is 8.87. The third-order valence-electron chi connectivity index (χ3n) is 2.80. The summed E-state index contributed by atoms with van der Waals surface area (Å²) < 4.78 is 7.26. The molecule has 0 fully saturated rings. The van der Waals surface area contributed by atoms with Gasteiger partial charge in [-0.3, -0.25) is 0 Å². The van der Waals surface area contributed by atoms with Crippen LogP contribution in [0.25, 0.3) is 22.6 Å². The summed E-state index contributed by atoms with van der Waals surface area (Å²) in [5, 5.41) is 9.20. The van der Waals surface area contributed by atoms with Crippen molar-refractivity contribution >= 4 is 22.6 Å². The highest BCUT2D eigenvalue weighted by Crippen LogP contribution is 2.27. The third kappa shape index (κ3) is 1.57. The van der Waals surface area contributed by atoms with Crippen LogP contribution in [-0.4, -0.2) is 9.55 Å². The lowest BCUT2D eigenvalue weighted by Crippen LogP contribution is -1.90. The van der Waals surface area contributed by atoms with Crippen molar-refractivity contribution in [2.75, 3.05) is 0 Å². The summed E-state index contributed by atoms with van der Waals surface area (Å²) in [5.74, 6) is 1.30. The van der Waals surface area contributed by atoms with E-state index in [9.17, 15) is 0 Å². The fraction of sp³-hybridized carbons (Fsp3) is 0.0769. The van der Waals surface area contributed by atoms with Crippen molar-refractivity contribution in [3.63, 3.8) is 0 Å². The van der Waals surface area contributed by atoms with E-state index in [0.29, 0.717) is 22.4 Å². The summed E-state index contributed by atoms with van der Waals surface area (Å²) >= 11 is 5.76. The van der Waals surface area contributed by atoms with E-state index in [4.69, 9.17) is 21.3 Å². The Labute approximate surface area is 108 Å². The molecule has 0 radical (unpaired) electrons. The Morgan fingerprint density at radius 3 is 2.83 bits per heavy atom. The predicted molar refractivity (Wildman–Crippen MR) is 68.1 cm³/mol. The number of furan rings is 1. The minimum Gasteiger partial charge on any atom is -0.441 e. The summed E-state index contributed by atoms with van der Waals surface area (Å²) in [5.41, 5.74) is 2.29. The minimum absolute atomic E-state index is 0.328. The van der Waals surface area contributed by atoms with Gasteiger partial charge in [0.25, 0.3) is 0 Å². The highest BCUT2D eigenvalue weighted by atomic mass is 35.5. The van der Waals surface area contributed by atoms with Crippen molar-refractivity contribution in [1.29, 1.82) is 5.26 Å². The van der Waals surface area contributed by atoms with Crippen LogP contribution < -0.4 is 0 Å². The average molecular weight is 258 g/mol. The van der Waals surface area contributed by atoms with E-state index in [1.54, 1.807) is 24.3 Å². The van der Waals surface area contributed by atoms with Crippen LogP contribution in [0.4, 0.5) is 0 Å². The number of benzene rings is 1. The standard InChI is InChI=1S/C13H8ClN3O/c1-17-10-3-2-8(7-15)6-9(10)16-13(17)11-4-5-12(14)18-11/h2-6H,1H3. The van der Waals surface area contributed by atoms with Crippen LogP contribution in [0.2, 0.25) is 5.22 Å². The first-order valence-electron chi connectivity index (χ1n) is 5.31. The summed E-state index contributed by atoms with van der Waals surface area (Å²) in [7, 11) is 1.90. The van der Waals surface area contributed by atoms with Crippen molar-refractivity contribution in [3.8, 4) is 17.7 Å². The molecule has 0 spiro atoms. The minimum atomic E-state index is 0.328. The number of nitriles is 1. The largest absolute Gasteiger partial charge is 0.441 e. The highest BCUT2D eigenvalue weighted by molar-refractivity contribution is 6.28. The van der Waals surface area contributed by atoms with Crippen LogP contribution in [0, 0.1) is 11.3 Å². The van der Waals surface area contributed by atoms with E-state index in [2.05, 4.69) is 11.1 Å². The lowest BCUT2D eigenvalue weighted by Gasteiger charge is -1.98. The number of fused-ring (bicyclic) bond motifs is 1. The van der Waals surface area contributed by atoms with Crippen LogP contribution in [0.5, 0.6) is 0 Å². The van der Waals surface area contributed by atoms with Gasteiger partial charge in [-0.05, 0) is 41.9 Å². The third-order valence-corrected chi connectivity index (χ3v) is 3.01. The molecule has 0 saturated carbocycles. The summed E-state index contributed by atoms with van der Waals surface area (Å²) in [6.07, 6.45) is 0. The molecule has 0 saturated heterocycles.